The van der Waals surface area contributed by atoms with Crippen molar-refractivity contribution < 1.29 is 9.50 Å². The van der Waals surface area contributed by atoms with Gasteiger partial charge in [0.1, 0.15) is 24.4 Å². The fourth-order valence-corrected chi connectivity index (χ4v) is 3.57. The lowest BCUT2D eigenvalue weighted by molar-refractivity contribution is 0.0507. The molecule has 1 aromatic heterocycles. The summed E-state index contributed by atoms with van der Waals surface area (Å²) in [7, 11) is 0. The smallest absolute Gasteiger partial charge is 0.155 e. The normalized spacial score (nSPS) is 24.5. The molecule has 0 amide bonds. The Morgan fingerprint density at radius 3 is 3.00 bits per heavy atom. The van der Waals surface area contributed by atoms with Crippen LogP contribution in [0, 0.1) is 0 Å². The van der Waals surface area contributed by atoms with Crippen LogP contribution in [0.2, 0.25) is 0 Å². The van der Waals surface area contributed by atoms with Crippen molar-refractivity contribution >= 4 is 11.7 Å². The van der Waals surface area contributed by atoms with Crippen LogP contribution < -0.4 is 5.01 Å². The minimum Gasteiger partial charge on any atom is -0.384 e. The van der Waals surface area contributed by atoms with Crippen molar-refractivity contribution in [3.8, 4) is 5.69 Å². The van der Waals surface area contributed by atoms with Gasteiger partial charge in [0.15, 0.2) is 11.7 Å². The van der Waals surface area contributed by atoms with Crippen LogP contribution in [0.3, 0.4) is 0 Å². The van der Waals surface area contributed by atoms with Crippen LogP contribution >= 0.6 is 0 Å². The van der Waals surface area contributed by atoms with Crippen LogP contribution in [-0.4, -0.2) is 44.3 Å². The first-order valence-corrected chi connectivity index (χ1v) is 8.13. The molecule has 1 atom stereocenters. The molecule has 1 N–H and O–H groups in total. The number of hydrogen-bond donors (Lipinski definition) is 1. The van der Waals surface area contributed by atoms with Crippen molar-refractivity contribution in [2.24, 2.45) is 4.99 Å². The second-order valence-electron chi connectivity index (χ2n) is 6.47. The molecule has 25 heavy (non-hydrogen) atoms. The van der Waals surface area contributed by atoms with E-state index in [1.165, 1.54) is 18.2 Å². The summed E-state index contributed by atoms with van der Waals surface area (Å²) in [6.45, 7) is 0.741. The van der Waals surface area contributed by atoms with E-state index >= 15 is 0 Å². The lowest BCUT2D eigenvalue weighted by Gasteiger charge is -2.38. The first-order chi connectivity index (χ1) is 12.1. The summed E-state index contributed by atoms with van der Waals surface area (Å²) >= 11 is 0. The summed E-state index contributed by atoms with van der Waals surface area (Å²) in [5.41, 5.74) is 0.934. The summed E-state index contributed by atoms with van der Waals surface area (Å²) in [5, 5.41) is 14.7. The number of aromatic nitrogens is 2. The number of allylic oxidation sites excluding steroid dienone is 2. The number of imidazole rings is 1. The zero-order chi connectivity index (χ0) is 17.0. The first-order valence-electron chi connectivity index (χ1n) is 8.13. The van der Waals surface area contributed by atoms with Gasteiger partial charge in [-0.25, -0.2) is 19.4 Å². The Hall–Kier alpha value is -2.77. The standard InChI is InChI=1S/C18H16FN5O/c19-13-5-7-18(25,8-6-13)10-22-12-21-17-14-3-1-2-4-15(14)23-11-20-9-16(23)24(17)22/h1-7,9,11,25H,8,10,12H2. The number of fused-ring (bicyclic) bond motifs is 6. The van der Waals surface area contributed by atoms with Gasteiger partial charge in [-0.15, -0.1) is 0 Å². The van der Waals surface area contributed by atoms with E-state index in [9.17, 15) is 9.50 Å². The van der Waals surface area contributed by atoms with Crippen LogP contribution in [-0.2, 0) is 0 Å². The zero-order valence-corrected chi connectivity index (χ0v) is 13.4. The summed E-state index contributed by atoms with van der Waals surface area (Å²) in [4.78, 5) is 8.95. The average Bonchev–Trinajstić information content (AvgIpc) is 3.25. The molecule has 1 aromatic carbocycles. The molecule has 0 radical (unpaired) electrons. The number of benzene rings is 1. The first kappa shape index (κ1) is 14.6. The number of nitrogens with zero attached hydrogens (tertiary/aromatic N) is 5. The molecule has 3 aliphatic rings. The number of aliphatic hydroxyl groups is 1. The Morgan fingerprint density at radius 2 is 2.16 bits per heavy atom. The maximum atomic E-state index is 13.2. The molecule has 7 heteroatoms. The molecule has 2 aromatic rings. The largest absolute Gasteiger partial charge is 0.384 e. The molecular formula is C18H16FN5O. The molecule has 0 bridgehead atoms. The summed E-state index contributed by atoms with van der Waals surface area (Å²) in [5.74, 6) is 1.40. The highest BCUT2D eigenvalue weighted by atomic mass is 19.1. The van der Waals surface area contributed by atoms with Gasteiger partial charge in [-0.05, 0) is 30.4 Å². The lowest BCUT2D eigenvalue weighted by Crippen LogP contribution is -2.51. The van der Waals surface area contributed by atoms with E-state index in [0.29, 0.717) is 13.2 Å². The van der Waals surface area contributed by atoms with Crippen molar-refractivity contribution in [1.82, 2.24) is 14.6 Å². The van der Waals surface area contributed by atoms with Crippen molar-refractivity contribution in [2.75, 3.05) is 18.2 Å². The maximum absolute atomic E-state index is 13.2. The van der Waals surface area contributed by atoms with Crippen molar-refractivity contribution in [2.45, 2.75) is 12.0 Å². The third-order valence-electron chi connectivity index (χ3n) is 4.77. The molecular weight excluding hydrogens is 321 g/mol. The van der Waals surface area contributed by atoms with Crippen LogP contribution in [0.4, 0.5) is 10.2 Å². The number of anilines is 1. The molecule has 6 nitrogen and oxygen atoms in total. The Balaban J connectivity index is 1.52. The molecule has 126 valence electrons. The second-order valence-corrected chi connectivity index (χ2v) is 6.47. The SMILES string of the molecule is OC1(CN2CN=C3c4ccccc4-n4cncc4N32)C=CC(F)=CC1. The number of para-hydroxylation sites is 1. The Morgan fingerprint density at radius 1 is 1.28 bits per heavy atom. The van der Waals surface area contributed by atoms with Gasteiger partial charge in [-0.2, -0.15) is 5.01 Å². The lowest BCUT2D eigenvalue weighted by atomic mass is 9.95. The molecule has 5 rings (SSSR count). The number of halogens is 1. The number of hydrogen-bond acceptors (Lipinski definition) is 5. The third kappa shape index (κ3) is 2.16. The molecule has 2 aliphatic heterocycles. The van der Waals surface area contributed by atoms with Crippen LogP contribution in [0.5, 0.6) is 0 Å². The molecule has 0 spiro atoms. The zero-order valence-electron chi connectivity index (χ0n) is 13.4. The summed E-state index contributed by atoms with van der Waals surface area (Å²) in [6, 6.07) is 8.03. The second kappa shape index (κ2) is 5.11. The predicted molar refractivity (Wildman–Crippen MR) is 92.1 cm³/mol. The van der Waals surface area contributed by atoms with Gasteiger partial charge < -0.3 is 5.11 Å². The van der Waals surface area contributed by atoms with Gasteiger partial charge in [-0.1, -0.05) is 12.1 Å². The van der Waals surface area contributed by atoms with E-state index in [4.69, 9.17) is 0 Å². The number of hydrazine groups is 1. The fraction of sp³-hybridized carbons (Fsp3) is 0.222. The van der Waals surface area contributed by atoms with Gasteiger partial charge in [0, 0.05) is 12.0 Å². The summed E-state index contributed by atoms with van der Waals surface area (Å²) in [6.07, 6.45) is 8.05. The van der Waals surface area contributed by atoms with E-state index in [2.05, 4.69) is 9.98 Å². The highest BCUT2D eigenvalue weighted by Gasteiger charge is 2.39. The molecule has 1 unspecified atom stereocenters. The van der Waals surface area contributed by atoms with Crippen LogP contribution in [0.1, 0.15) is 12.0 Å². The minimum absolute atomic E-state index is 0.241. The number of amidine groups is 1. The Bertz CT molecular complexity index is 946. The Kier molecular flexibility index (Phi) is 2.98. The van der Waals surface area contributed by atoms with Gasteiger partial charge in [0.05, 0.1) is 18.4 Å². The number of rotatable bonds is 2. The van der Waals surface area contributed by atoms with Crippen molar-refractivity contribution in [1.29, 1.82) is 0 Å². The van der Waals surface area contributed by atoms with Gasteiger partial charge in [0.25, 0.3) is 0 Å². The van der Waals surface area contributed by atoms with Crippen LogP contribution in [0.15, 0.2) is 65.8 Å². The van der Waals surface area contributed by atoms with Gasteiger partial charge in [-0.3, -0.25) is 4.57 Å². The highest BCUT2D eigenvalue weighted by Crippen LogP contribution is 2.35. The van der Waals surface area contributed by atoms with E-state index in [1.807, 2.05) is 38.9 Å². The molecule has 1 aliphatic carbocycles. The van der Waals surface area contributed by atoms with E-state index < -0.39 is 5.60 Å². The average molecular weight is 337 g/mol. The maximum Gasteiger partial charge on any atom is 0.155 e. The van der Waals surface area contributed by atoms with Crippen molar-refractivity contribution in [3.63, 3.8) is 0 Å². The fourth-order valence-electron chi connectivity index (χ4n) is 3.57. The topological polar surface area (TPSA) is 56.9 Å². The van der Waals surface area contributed by atoms with Gasteiger partial charge >= 0.3 is 0 Å². The van der Waals surface area contributed by atoms with E-state index in [0.717, 1.165) is 22.9 Å². The van der Waals surface area contributed by atoms with E-state index in [1.54, 1.807) is 12.5 Å². The Labute approximate surface area is 143 Å². The molecule has 0 fully saturated rings. The predicted octanol–water partition coefficient (Wildman–Crippen LogP) is 2.17. The quantitative estimate of drug-likeness (QED) is 0.912. The number of aliphatic imine (C=N–C) groups is 1. The van der Waals surface area contributed by atoms with Crippen LogP contribution in [0.25, 0.3) is 5.69 Å². The highest BCUT2D eigenvalue weighted by molar-refractivity contribution is 6.14. The summed E-state index contributed by atoms with van der Waals surface area (Å²) < 4.78 is 15.2. The van der Waals surface area contributed by atoms with E-state index in [-0.39, 0.29) is 12.2 Å². The molecule has 3 heterocycles. The molecule has 0 saturated heterocycles. The molecule has 0 saturated carbocycles. The minimum atomic E-state index is -1.12. The van der Waals surface area contributed by atoms with Crippen molar-refractivity contribution in [3.05, 3.63) is 66.4 Å². The number of β-amino-alcohol motifs (C(OH)–C–C–N with tert-alkyl or cyclic N) is 1. The third-order valence-corrected chi connectivity index (χ3v) is 4.77. The van der Waals surface area contributed by atoms with Gasteiger partial charge in [0.2, 0.25) is 0 Å². The monoisotopic (exact) mass is 337 g/mol.